The molecule has 0 aliphatic carbocycles. The Morgan fingerprint density at radius 2 is 1.91 bits per heavy atom. The van der Waals surface area contributed by atoms with E-state index in [1.807, 2.05) is 0 Å². The van der Waals surface area contributed by atoms with E-state index in [-0.39, 0.29) is 11.1 Å². The molecule has 4 nitrogen and oxygen atoms in total. The SMILES string of the molecule is CNC(=O)CSSC(=O)NC. The molecule has 11 heavy (non-hydrogen) atoms. The highest BCUT2D eigenvalue weighted by Gasteiger charge is 2.02. The summed E-state index contributed by atoms with van der Waals surface area (Å²) in [5.41, 5.74) is 0. The first kappa shape index (κ1) is 10.6. The van der Waals surface area contributed by atoms with Gasteiger partial charge in [-0.1, -0.05) is 10.8 Å². The van der Waals surface area contributed by atoms with Crippen LogP contribution in [0.25, 0.3) is 0 Å². The fourth-order valence-corrected chi connectivity index (χ4v) is 1.82. The number of hydrogen-bond acceptors (Lipinski definition) is 4. The molecule has 0 rings (SSSR count). The number of hydrogen-bond donors (Lipinski definition) is 2. The van der Waals surface area contributed by atoms with Crippen LogP contribution in [-0.4, -0.2) is 31.0 Å². The predicted octanol–water partition coefficient (Wildman–Crippen LogP) is 0.453. The summed E-state index contributed by atoms with van der Waals surface area (Å²) in [6.45, 7) is 0. The zero-order valence-electron chi connectivity index (χ0n) is 6.34. The van der Waals surface area contributed by atoms with E-state index in [0.717, 1.165) is 10.8 Å². The summed E-state index contributed by atoms with van der Waals surface area (Å²) in [5, 5.41) is 4.74. The lowest BCUT2D eigenvalue weighted by atomic mass is 10.7. The van der Waals surface area contributed by atoms with Crippen LogP contribution in [0, 0.1) is 0 Å². The molecular formula is C5H10N2O2S2. The van der Waals surface area contributed by atoms with Crippen LogP contribution in [0.1, 0.15) is 0 Å². The van der Waals surface area contributed by atoms with Crippen molar-refractivity contribution in [2.75, 3.05) is 19.8 Å². The number of carbonyl (C=O) groups excluding carboxylic acids is 2. The maximum absolute atomic E-state index is 10.6. The van der Waals surface area contributed by atoms with Crippen LogP contribution in [0.3, 0.4) is 0 Å². The molecular weight excluding hydrogens is 184 g/mol. The summed E-state index contributed by atoms with van der Waals surface area (Å²) in [4.78, 5) is 21.2. The van der Waals surface area contributed by atoms with Gasteiger partial charge in [-0.15, -0.1) is 0 Å². The maximum Gasteiger partial charge on any atom is 0.289 e. The Labute approximate surface area is 73.3 Å². The second-order valence-electron chi connectivity index (χ2n) is 1.56. The molecule has 2 N–H and O–H groups in total. The Morgan fingerprint density at radius 3 is 2.36 bits per heavy atom. The van der Waals surface area contributed by atoms with Crippen LogP contribution in [0.5, 0.6) is 0 Å². The molecule has 0 saturated heterocycles. The third kappa shape index (κ3) is 6.05. The van der Waals surface area contributed by atoms with Gasteiger partial charge in [-0.3, -0.25) is 9.59 Å². The van der Waals surface area contributed by atoms with E-state index in [1.165, 1.54) is 10.8 Å². The molecule has 0 spiro atoms. The van der Waals surface area contributed by atoms with Crippen molar-refractivity contribution in [2.24, 2.45) is 0 Å². The van der Waals surface area contributed by atoms with Gasteiger partial charge in [0.15, 0.2) is 0 Å². The van der Waals surface area contributed by atoms with Gasteiger partial charge < -0.3 is 10.6 Å². The molecule has 0 atom stereocenters. The zero-order valence-corrected chi connectivity index (χ0v) is 7.97. The largest absolute Gasteiger partial charge is 0.358 e. The molecule has 6 heteroatoms. The van der Waals surface area contributed by atoms with Crippen LogP contribution in [0.4, 0.5) is 4.79 Å². The van der Waals surface area contributed by atoms with Gasteiger partial charge in [-0.05, 0) is 0 Å². The molecule has 0 unspecified atom stereocenters. The van der Waals surface area contributed by atoms with Gasteiger partial charge in [0, 0.05) is 24.9 Å². The van der Waals surface area contributed by atoms with Crippen LogP contribution < -0.4 is 10.6 Å². The fourth-order valence-electron chi connectivity index (χ4n) is 0.250. The average Bonchev–Trinajstić information content (AvgIpc) is 2.04. The normalized spacial score (nSPS) is 8.91. The molecule has 0 aliphatic heterocycles. The summed E-state index contributed by atoms with van der Waals surface area (Å²) >= 11 is 0. The molecule has 0 aromatic rings. The van der Waals surface area contributed by atoms with E-state index >= 15 is 0 Å². The van der Waals surface area contributed by atoms with Gasteiger partial charge in [-0.25, -0.2) is 0 Å². The quantitative estimate of drug-likeness (QED) is 0.641. The minimum atomic E-state index is -0.140. The fraction of sp³-hybridized carbons (Fsp3) is 0.600. The van der Waals surface area contributed by atoms with E-state index < -0.39 is 0 Å². The van der Waals surface area contributed by atoms with Crippen LogP contribution in [-0.2, 0) is 4.79 Å². The highest BCUT2D eigenvalue weighted by atomic mass is 33.1. The molecule has 0 aromatic heterocycles. The first-order chi connectivity index (χ1) is 5.20. The third-order valence-electron chi connectivity index (χ3n) is 0.808. The first-order valence-corrected chi connectivity index (χ1v) is 5.24. The molecule has 0 heterocycles. The van der Waals surface area contributed by atoms with Gasteiger partial charge in [-0.2, -0.15) is 0 Å². The molecule has 0 bridgehead atoms. The number of nitrogens with one attached hydrogen (secondary N) is 2. The van der Waals surface area contributed by atoms with Crippen molar-refractivity contribution in [3.05, 3.63) is 0 Å². The van der Waals surface area contributed by atoms with Gasteiger partial charge in [0.2, 0.25) is 5.91 Å². The first-order valence-electron chi connectivity index (χ1n) is 2.92. The lowest BCUT2D eigenvalue weighted by molar-refractivity contribution is -0.118. The molecule has 0 radical (unpaired) electrons. The Balaban J connectivity index is 3.27. The molecule has 64 valence electrons. The topological polar surface area (TPSA) is 58.2 Å². The van der Waals surface area contributed by atoms with Crippen molar-refractivity contribution in [3.8, 4) is 0 Å². The van der Waals surface area contributed by atoms with E-state index in [2.05, 4.69) is 10.6 Å². The summed E-state index contributed by atoms with van der Waals surface area (Å²) in [6, 6.07) is 0. The minimum absolute atomic E-state index is 0.0774. The van der Waals surface area contributed by atoms with Crippen molar-refractivity contribution in [1.82, 2.24) is 10.6 Å². The second-order valence-corrected chi connectivity index (χ2v) is 3.83. The van der Waals surface area contributed by atoms with Crippen molar-refractivity contribution in [3.63, 3.8) is 0 Å². The number of rotatable bonds is 3. The van der Waals surface area contributed by atoms with E-state index in [4.69, 9.17) is 0 Å². The number of amides is 2. The Morgan fingerprint density at radius 1 is 1.27 bits per heavy atom. The van der Waals surface area contributed by atoms with Gasteiger partial charge in [0.25, 0.3) is 5.24 Å². The minimum Gasteiger partial charge on any atom is -0.358 e. The van der Waals surface area contributed by atoms with Crippen molar-refractivity contribution in [1.29, 1.82) is 0 Å². The Hall–Kier alpha value is -0.360. The summed E-state index contributed by atoms with van der Waals surface area (Å²) in [5.74, 6) is 0.223. The van der Waals surface area contributed by atoms with E-state index in [0.29, 0.717) is 5.75 Å². The summed E-state index contributed by atoms with van der Waals surface area (Å²) in [6.07, 6.45) is 0. The van der Waals surface area contributed by atoms with Crippen molar-refractivity contribution in [2.45, 2.75) is 0 Å². The summed E-state index contributed by atoms with van der Waals surface area (Å²) < 4.78 is 0. The van der Waals surface area contributed by atoms with Gasteiger partial charge in [0.05, 0.1) is 5.75 Å². The van der Waals surface area contributed by atoms with E-state index in [9.17, 15) is 9.59 Å². The monoisotopic (exact) mass is 194 g/mol. The second kappa shape index (κ2) is 6.36. The maximum atomic E-state index is 10.6. The number of carbonyl (C=O) groups is 2. The Bertz CT molecular complexity index is 135. The highest BCUT2D eigenvalue weighted by molar-refractivity contribution is 8.82. The Kier molecular flexibility index (Phi) is 6.15. The lowest BCUT2D eigenvalue weighted by Gasteiger charge is -1.97. The van der Waals surface area contributed by atoms with Crippen LogP contribution >= 0.6 is 21.6 Å². The van der Waals surface area contributed by atoms with Gasteiger partial charge >= 0.3 is 0 Å². The molecule has 0 aliphatic rings. The zero-order chi connectivity index (χ0) is 8.69. The standard InChI is InChI=1S/C5H10N2O2S2/c1-6-4(8)3-10-11-5(9)7-2/h3H2,1-2H3,(H,6,8)(H,7,9). The predicted molar refractivity (Wildman–Crippen MR) is 48.6 cm³/mol. The highest BCUT2D eigenvalue weighted by Crippen LogP contribution is 2.20. The average molecular weight is 194 g/mol. The van der Waals surface area contributed by atoms with Crippen molar-refractivity contribution >= 4 is 32.7 Å². The third-order valence-corrected chi connectivity index (χ3v) is 2.82. The molecule has 2 amide bonds. The smallest absolute Gasteiger partial charge is 0.289 e. The van der Waals surface area contributed by atoms with Crippen molar-refractivity contribution < 1.29 is 9.59 Å². The van der Waals surface area contributed by atoms with Crippen LogP contribution in [0.2, 0.25) is 0 Å². The molecule has 0 aromatic carbocycles. The summed E-state index contributed by atoms with van der Waals surface area (Å²) in [7, 11) is 5.35. The molecule has 0 saturated carbocycles. The molecule has 0 fully saturated rings. The van der Waals surface area contributed by atoms with Gasteiger partial charge in [0.1, 0.15) is 0 Å². The van der Waals surface area contributed by atoms with Crippen LogP contribution in [0.15, 0.2) is 0 Å². The van der Waals surface area contributed by atoms with E-state index in [1.54, 1.807) is 14.1 Å². The lowest BCUT2D eigenvalue weighted by Crippen LogP contribution is -2.19.